The van der Waals surface area contributed by atoms with Gasteiger partial charge in [0.2, 0.25) is 0 Å². The van der Waals surface area contributed by atoms with Crippen molar-refractivity contribution in [1.29, 1.82) is 0 Å². The van der Waals surface area contributed by atoms with Crippen LogP contribution in [-0.2, 0) is 6.42 Å². The molecule has 0 aliphatic carbocycles. The zero-order valence-electron chi connectivity index (χ0n) is 7.61. The zero-order chi connectivity index (χ0) is 9.97. The van der Waals surface area contributed by atoms with Crippen LogP contribution in [0.3, 0.4) is 0 Å². The summed E-state index contributed by atoms with van der Waals surface area (Å²) in [7, 11) is 0. The lowest BCUT2D eigenvalue weighted by Gasteiger charge is -1.90. The molecule has 2 heterocycles. The summed E-state index contributed by atoms with van der Waals surface area (Å²) < 4.78 is 4.82. The summed E-state index contributed by atoms with van der Waals surface area (Å²) >= 11 is 0. The van der Waals surface area contributed by atoms with Crippen molar-refractivity contribution in [3.8, 4) is 11.6 Å². The third-order valence-electron chi connectivity index (χ3n) is 1.72. The molecule has 5 heteroatoms. The van der Waals surface area contributed by atoms with E-state index in [2.05, 4.69) is 27.3 Å². The lowest BCUT2D eigenvalue weighted by molar-refractivity contribution is 0.431. The minimum absolute atomic E-state index is 0.0924. The summed E-state index contributed by atoms with van der Waals surface area (Å²) in [4.78, 5) is 7.92. The minimum atomic E-state index is 0.0924. The average molecular weight is 188 g/mol. The molecule has 0 saturated carbocycles. The molecule has 2 aromatic heterocycles. The van der Waals surface area contributed by atoms with Crippen molar-refractivity contribution >= 4 is 5.95 Å². The van der Waals surface area contributed by atoms with Crippen molar-refractivity contribution in [2.75, 3.05) is 5.73 Å². The Morgan fingerprint density at radius 2 is 2.36 bits per heavy atom. The van der Waals surface area contributed by atoms with Crippen molar-refractivity contribution in [3.63, 3.8) is 0 Å². The summed E-state index contributed by atoms with van der Waals surface area (Å²) in [5, 5.41) is 3.45. The van der Waals surface area contributed by atoms with Crippen molar-refractivity contribution in [2.24, 2.45) is 0 Å². The van der Waals surface area contributed by atoms with E-state index in [0.29, 0.717) is 5.69 Å². The first-order valence-corrected chi connectivity index (χ1v) is 4.18. The fourth-order valence-corrected chi connectivity index (χ4v) is 0.966. The van der Waals surface area contributed by atoms with Gasteiger partial charge in [-0.1, -0.05) is 13.0 Å². The van der Waals surface area contributed by atoms with Gasteiger partial charge in [0.05, 0.1) is 0 Å². The first-order valence-electron chi connectivity index (χ1n) is 4.18. The highest BCUT2D eigenvalue weighted by molar-refractivity contribution is 5.44. The topological polar surface area (TPSA) is 77.8 Å². The Balaban J connectivity index is 2.33. The van der Waals surface area contributed by atoms with E-state index in [0.717, 1.165) is 12.0 Å². The summed E-state index contributed by atoms with van der Waals surface area (Å²) in [5.41, 5.74) is 6.76. The maximum Gasteiger partial charge on any atom is 0.286 e. The highest BCUT2D eigenvalue weighted by atomic mass is 16.5. The molecule has 2 rings (SSSR count). The van der Waals surface area contributed by atoms with Crippen molar-refractivity contribution in [1.82, 2.24) is 15.1 Å². The third-order valence-corrected chi connectivity index (χ3v) is 1.72. The second-order valence-electron chi connectivity index (χ2n) is 2.69. The van der Waals surface area contributed by atoms with Crippen LogP contribution in [0.1, 0.15) is 12.5 Å². The smallest absolute Gasteiger partial charge is 0.286 e. The number of nitrogen functional groups attached to an aromatic ring is 1. The zero-order valence-corrected chi connectivity index (χ0v) is 7.61. The van der Waals surface area contributed by atoms with E-state index in [9.17, 15) is 0 Å². The van der Waals surface area contributed by atoms with E-state index in [-0.39, 0.29) is 11.8 Å². The molecular weight excluding hydrogens is 180 g/mol. The van der Waals surface area contributed by atoms with Crippen LogP contribution in [0.2, 0.25) is 0 Å². The Hall–Kier alpha value is -2.09. The molecule has 14 heavy (non-hydrogen) atoms. The monoisotopic (exact) mass is 188 g/mol. The van der Waals surface area contributed by atoms with Gasteiger partial charge in [0, 0.05) is 11.8 Å². The largest absolute Gasteiger partial charge is 0.365 e. The number of nitrogens with zero attached hydrogens (tertiary/aromatic N) is 3. The third kappa shape index (κ3) is 1.50. The standard InChI is InChI=1S/C9H8N4O/c1-2-6-3-4-7(11-5-6)8-12-9(10)13-14-8/h5H,2H2,1H3,(H2,10,13). The average Bonchev–Trinajstić information content (AvgIpc) is 2.65. The first kappa shape index (κ1) is 8.51. The normalized spacial score (nSPS) is 9.79. The second-order valence-corrected chi connectivity index (χ2v) is 2.69. The lowest BCUT2D eigenvalue weighted by atomic mass is 10.2. The van der Waals surface area contributed by atoms with Gasteiger partial charge in [-0.3, -0.25) is 0 Å². The summed E-state index contributed by atoms with van der Waals surface area (Å²) in [6.07, 6.45) is 2.57. The van der Waals surface area contributed by atoms with Crippen LogP contribution in [-0.4, -0.2) is 15.1 Å². The maximum atomic E-state index is 5.30. The molecule has 2 N–H and O–H groups in total. The van der Waals surface area contributed by atoms with Crippen LogP contribution in [0, 0.1) is 12.1 Å². The van der Waals surface area contributed by atoms with Crippen LogP contribution in [0.15, 0.2) is 10.7 Å². The molecule has 0 aliphatic heterocycles. The van der Waals surface area contributed by atoms with E-state index in [1.807, 2.05) is 6.92 Å². The Kier molecular flexibility index (Phi) is 2.03. The molecule has 0 saturated heterocycles. The van der Waals surface area contributed by atoms with E-state index in [4.69, 9.17) is 10.3 Å². The van der Waals surface area contributed by atoms with Gasteiger partial charge in [-0.2, -0.15) is 4.98 Å². The van der Waals surface area contributed by atoms with Gasteiger partial charge in [-0.05, 0) is 17.6 Å². The molecule has 0 fully saturated rings. The van der Waals surface area contributed by atoms with Crippen molar-refractivity contribution < 1.29 is 4.52 Å². The molecule has 0 unspecified atom stereocenters. The maximum absolute atomic E-state index is 5.30. The Morgan fingerprint density at radius 1 is 1.50 bits per heavy atom. The second kappa shape index (κ2) is 3.34. The molecule has 0 bridgehead atoms. The van der Waals surface area contributed by atoms with E-state index in [1.54, 1.807) is 6.20 Å². The molecule has 0 aromatic carbocycles. The number of aryl methyl sites for hydroxylation is 1. The molecule has 0 amide bonds. The van der Waals surface area contributed by atoms with Gasteiger partial charge in [0.15, 0.2) is 5.69 Å². The van der Waals surface area contributed by atoms with Crippen molar-refractivity contribution in [3.05, 3.63) is 23.9 Å². The molecule has 5 nitrogen and oxygen atoms in total. The predicted molar refractivity (Wildman–Crippen MR) is 49.0 cm³/mol. The first-order chi connectivity index (χ1) is 6.79. The van der Waals surface area contributed by atoms with E-state index < -0.39 is 0 Å². The van der Waals surface area contributed by atoms with Crippen LogP contribution in [0.5, 0.6) is 0 Å². The van der Waals surface area contributed by atoms with E-state index in [1.165, 1.54) is 0 Å². The summed E-state index contributed by atoms with van der Waals surface area (Å²) in [6, 6.07) is 5.77. The number of aromatic nitrogens is 3. The number of nitrogens with two attached hydrogens (primary N) is 1. The minimum Gasteiger partial charge on any atom is -0.365 e. The molecule has 0 aliphatic rings. The van der Waals surface area contributed by atoms with Crippen LogP contribution in [0.25, 0.3) is 11.6 Å². The van der Waals surface area contributed by atoms with Crippen LogP contribution in [0.4, 0.5) is 5.95 Å². The molecule has 70 valence electrons. The van der Waals surface area contributed by atoms with Crippen molar-refractivity contribution in [2.45, 2.75) is 13.3 Å². The Labute approximate surface area is 81.0 Å². The quantitative estimate of drug-likeness (QED) is 0.756. The van der Waals surface area contributed by atoms with Gasteiger partial charge >= 0.3 is 0 Å². The Morgan fingerprint density at radius 3 is 2.86 bits per heavy atom. The molecule has 2 aromatic rings. The number of hydrogen-bond donors (Lipinski definition) is 1. The van der Waals surface area contributed by atoms with Gasteiger partial charge in [0.1, 0.15) is 0 Å². The van der Waals surface area contributed by atoms with Gasteiger partial charge in [0.25, 0.3) is 11.8 Å². The fourth-order valence-electron chi connectivity index (χ4n) is 0.966. The highest BCUT2D eigenvalue weighted by Gasteiger charge is 2.06. The van der Waals surface area contributed by atoms with Crippen LogP contribution < -0.4 is 5.73 Å². The summed E-state index contributed by atoms with van der Waals surface area (Å²) in [5.74, 6) is 0.358. The fraction of sp³-hybridized carbons (Fsp3) is 0.222. The number of anilines is 1. The highest BCUT2D eigenvalue weighted by Crippen LogP contribution is 2.11. The summed E-state index contributed by atoms with van der Waals surface area (Å²) in [6.45, 7) is 2.02. The predicted octanol–water partition coefficient (Wildman–Crippen LogP) is 0.877. The van der Waals surface area contributed by atoms with E-state index >= 15 is 0 Å². The van der Waals surface area contributed by atoms with Crippen LogP contribution >= 0.6 is 0 Å². The van der Waals surface area contributed by atoms with Gasteiger partial charge in [-0.25, -0.2) is 4.98 Å². The molecular formula is C9H8N4O. The molecule has 0 atom stereocenters. The lowest BCUT2D eigenvalue weighted by Crippen LogP contribution is -1.87. The molecule has 0 spiro atoms. The SMILES string of the molecule is CCc1c#cc(-c2nc(N)no2)nc1. The molecule has 0 radical (unpaired) electrons. The number of hydrogen-bond acceptors (Lipinski definition) is 5. The Bertz CT molecular complexity index is 421. The van der Waals surface area contributed by atoms with Gasteiger partial charge in [-0.15, -0.1) is 0 Å². The number of rotatable bonds is 2. The van der Waals surface area contributed by atoms with Gasteiger partial charge < -0.3 is 10.3 Å².